The third-order valence-corrected chi connectivity index (χ3v) is 5.07. The number of hydrogen-bond acceptors (Lipinski definition) is 5. The molecular formula is C19H23N3O5. The number of hydrogen-bond donors (Lipinski definition) is 1. The topological polar surface area (TPSA) is 96.0 Å². The third kappa shape index (κ3) is 4.27. The molecule has 0 bridgehead atoms. The summed E-state index contributed by atoms with van der Waals surface area (Å²) in [6.45, 7) is 0.546. The van der Waals surface area contributed by atoms with Gasteiger partial charge in [-0.05, 0) is 18.4 Å². The fourth-order valence-electron chi connectivity index (χ4n) is 3.48. The average molecular weight is 373 g/mol. The molecule has 0 unspecified atom stereocenters. The van der Waals surface area contributed by atoms with Gasteiger partial charge in [-0.25, -0.2) is 4.79 Å². The number of ether oxygens (including phenoxy) is 1. The molecule has 1 N–H and O–H groups in total. The molecule has 1 aromatic carbocycles. The van der Waals surface area contributed by atoms with Gasteiger partial charge in [0.1, 0.15) is 12.6 Å². The molecule has 8 nitrogen and oxygen atoms in total. The summed E-state index contributed by atoms with van der Waals surface area (Å²) in [5.74, 6) is -1.14. The monoisotopic (exact) mass is 373 g/mol. The number of esters is 1. The van der Waals surface area contributed by atoms with Gasteiger partial charge in [0.2, 0.25) is 5.91 Å². The summed E-state index contributed by atoms with van der Waals surface area (Å²) < 4.78 is 4.73. The van der Waals surface area contributed by atoms with E-state index in [-0.39, 0.29) is 30.2 Å². The van der Waals surface area contributed by atoms with Crippen LogP contribution in [0.3, 0.4) is 0 Å². The van der Waals surface area contributed by atoms with E-state index in [1.165, 1.54) is 7.11 Å². The molecule has 1 aromatic rings. The Balaban J connectivity index is 1.54. The van der Waals surface area contributed by atoms with Crippen LogP contribution < -0.4 is 5.32 Å². The van der Waals surface area contributed by atoms with E-state index >= 15 is 0 Å². The Morgan fingerprint density at radius 2 is 1.81 bits per heavy atom. The Bertz CT molecular complexity index is 728. The highest BCUT2D eigenvalue weighted by atomic mass is 16.5. The van der Waals surface area contributed by atoms with Crippen LogP contribution in [0.25, 0.3) is 0 Å². The van der Waals surface area contributed by atoms with Gasteiger partial charge in [-0.1, -0.05) is 30.3 Å². The first-order valence-electron chi connectivity index (χ1n) is 9.01. The quantitative estimate of drug-likeness (QED) is 0.601. The summed E-state index contributed by atoms with van der Waals surface area (Å²) in [6, 6.07) is 8.20. The number of piperidine rings is 1. The number of methoxy groups -OCH3 is 1. The zero-order valence-electron chi connectivity index (χ0n) is 15.2. The van der Waals surface area contributed by atoms with Crippen molar-refractivity contribution in [2.45, 2.75) is 25.3 Å². The predicted octanol–water partition coefficient (Wildman–Crippen LogP) is 0.561. The zero-order valence-corrected chi connectivity index (χ0v) is 15.2. The van der Waals surface area contributed by atoms with Crippen LogP contribution in [0.4, 0.5) is 4.79 Å². The molecule has 8 heteroatoms. The fourth-order valence-corrected chi connectivity index (χ4v) is 3.48. The molecule has 0 spiro atoms. The average Bonchev–Trinajstić information content (AvgIpc) is 2.95. The van der Waals surface area contributed by atoms with Gasteiger partial charge in [-0.2, -0.15) is 0 Å². The first kappa shape index (κ1) is 18.9. The number of rotatable bonds is 5. The van der Waals surface area contributed by atoms with Gasteiger partial charge >= 0.3 is 12.0 Å². The third-order valence-electron chi connectivity index (χ3n) is 5.07. The molecule has 144 valence electrons. The molecule has 2 aliphatic rings. The zero-order chi connectivity index (χ0) is 19.4. The Kier molecular flexibility index (Phi) is 5.73. The molecule has 0 saturated carbocycles. The van der Waals surface area contributed by atoms with E-state index < -0.39 is 12.1 Å². The molecule has 2 fully saturated rings. The van der Waals surface area contributed by atoms with Gasteiger partial charge in [0.05, 0.1) is 13.0 Å². The number of nitrogens with one attached hydrogen (secondary N) is 1. The van der Waals surface area contributed by atoms with Crippen molar-refractivity contribution in [3.63, 3.8) is 0 Å². The molecule has 2 saturated heterocycles. The van der Waals surface area contributed by atoms with Crippen LogP contribution in [0.5, 0.6) is 0 Å². The van der Waals surface area contributed by atoms with Gasteiger partial charge in [0.25, 0.3) is 5.91 Å². The number of nitrogens with zero attached hydrogens (tertiary/aromatic N) is 2. The largest absolute Gasteiger partial charge is 0.469 e. The van der Waals surface area contributed by atoms with E-state index in [0.717, 1.165) is 10.5 Å². The highest BCUT2D eigenvalue weighted by Crippen LogP contribution is 2.19. The summed E-state index contributed by atoms with van der Waals surface area (Å²) in [4.78, 5) is 51.3. The minimum Gasteiger partial charge on any atom is -0.469 e. The van der Waals surface area contributed by atoms with Crippen LogP contribution in [0, 0.1) is 5.92 Å². The molecule has 3 rings (SSSR count). The summed E-state index contributed by atoms with van der Waals surface area (Å²) in [6.07, 6.45) is 1.44. The highest BCUT2D eigenvalue weighted by molar-refractivity contribution is 6.06. The van der Waals surface area contributed by atoms with Crippen LogP contribution in [0.1, 0.15) is 18.4 Å². The van der Waals surface area contributed by atoms with E-state index in [4.69, 9.17) is 4.74 Å². The van der Waals surface area contributed by atoms with Crippen LogP contribution in [0.2, 0.25) is 0 Å². The maximum Gasteiger partial charge on any atom is 0.325 e. The Morgan fingerprint density at radius 1 is 1.15 bits per heavy atom. The number of imide groups is 1. The van der Waals surface area contributed by atoms with Gasteiger partial charge in [-0.3, -0.25) is 19.3 Å². The van der Waals surface area contributed by atoms with Gasteiger partial charge in [0, 0.05) is 19.5 Å². The Morgan fingerprint density at radius 3 is 2.44 bits per heavy atom. The number of benzene rings is 1. The number of amides is 4. The van der Waals surface area contributed by atoms with E-state index in [1.54, 1.807) is 4.90 Å². The predicted molar refractivity (Wildman–Crippen MR) is 95.5 cm³/mol. The van der Waals surface area contributed by atoms with Crippen LogP contribution in [-0.4, -0.2) is 66.4 Å². The molecule has 1 atom stereocenters. The smallest absolute Gasteiger partial charge is 0.325 e. The number of urea groups is 1. The lowest BCUT2D eigenvalue weighted by Gasteiger charge is -2.31. The SMILES string of the molecule is COC(=O)C1CCN(C(=O)CN2C(=O)N[C@@H](Cc3ccccc3)C2=O)CC1. The Hall–Kier alpha value is -2.90. The van der Waals surface area contributed by atoms with Crippen molar-refractivity contribution in [2.75, 3.05) is 26.7 Å². The summed E-state index contributed by atoms with van der Waals surface area (Å²) in [5, 5.41) is 2.65. The Labute approximate surface area is 157 Å². The second kappa shape index (κ2) is 8.20. The maximum absolute atomic E-state index is 12.5. The van der Waals surface area contributed by atoms with Gasteiger partial charge in [-0.15, -0.1) is 0 Å². The fraction of sp³-hybridized carbons (Fsp3) is 0.474. The molecule has 0 aromatic heterocycles. The van der Waals surface area contributed by atoms with Crippen molar-refractivity contribution in [3.05, 3.63) is 35.9 Å². The molecule has 27 heavy (non-hydrogen) atoms. The normalized spacial score (nSPS) is 20.6. The standard InChI is InChI=1S/C19H23N3O5/c1-27-18(25)14-7-9-21(10-8-14)16(23)12-22-17(24)15(20-19(22)26)11-13-5-3-2-4-6-13/h2-6,14-15H,7-12H2,1H3,(H,20,26)/t15-/m0/s1. The maximum atomic E-state index is 12.5. The van der Waals surface area contributed by atoms with Crippen molar-refractivity contribution >= 4 is 23.8 Å². The minimum absolute atomic E-state index is 0.203. The molecule has 2 aliphatic heterocycles. The van der Waals surface area contributed by atoms with Crippen molar-refractivity contribution < 1.29 is 23.9 Å². The summed E-state index contributed by atoms with van der Waals surface area (Å²) in [5.41, 5.74) is 0.939. The minimum atomic E-state index is -0.655. The number of carbonyl (C=O) groups excluding carboxylic acids is 4. The molecule has 0 aliphatic carbocycles. The van der Waals surface area contributed by atoms with E-state index in [2.05, 4.69) is 5.32 Å². The lowest BCUT2D eigenvalue weighted by atomic mass is 9.97. The summed E-state index contributed by atoms with van der Waals surface area (Å²) >= 11 is 0. The molecule has 4 amide bonds. The molecule has 2 heterocycles. The van der Waals surface area contributed by atoms with Crippen molar-refractivity contribution in [1.29, 1.82) is 0 Å². The molecular weight excluding hydrogens is 350 g/mol. The van der Waals surface area contributed by atoms with Crippen molar-refractivity contribution in [2.24, 2.45) is 5.92 Å². The van der Waals surface area contributed by atoms with Crippen molar-refractivity contribution in [3.8, 4) is 0 Å². The summed E-state index contributed by atoms with van der Waals surface area (Å²) in [7, 11) is 1.35. The van der Waals surface area contributed by atoms with Crippen LogP contribution >= 0.6 is 0 Å². The van der Waals surface area contributed by atoms with Crippen LogP contribution in [-0.2, 0) is 25.5 Å². The number of carbonyl (C=O) groups is 4. The van der Waals surface area contributed by atoms with E-state index in [0.29, 0.717) is 32.4 Å². The number of likely N-dealkylation sites (tertiary alicyclic amines) is 1. The van der Waals surface area contributed by atoms with E-state index in [9.17, 15) is 19.2 Å². The highest BCUT2D eigenvalue weighted by Gasteiger charge is 2.40. The first-order chi connectivity index (χ1) is 13.0. The van der Waals surface area contributed by atoms with Gasteiger partial charge < -0.3 is 15.0 Å². The second-order valence-corrected chi connectivity index (χ2v) is 6.79. The second-order valence-electron chi connectivity index (χ2n) is 6.79. The first-order valence-corrected chi connectivity index (χ1v) is 9.01. The van der Waals surface area contributed by atoms with Gasteiger partial charge in [0.15, 0.2) is 0 Å². The van der Waals surface area contributed by atoms with Crippen LogP contribution in [0.15, 0.2) is 30.3 Å². The molecule has 0 radical (unpaired) electrons. The lowest BCUT2D eigenvalue weighted by Crippen LogP contribution is -2.47. The van der Waals surface area contributed by atoms with E-state index in [1.807, 2.05) is 30.3 Å². The lowest BCUT2D eigenvalue weighted by molar-refractivity contribution is -0.149. The van der Waals surface area contributed by atoms with Crippen molar-refractivity contribution in [1.82, 2.24) is 15.1 Å².